The number of carbonyl (C=O) groups is 1. The number of halogens is 1. The highest BCUT2D eigenvalue weighted by Crippen LogP contribution is 2.19. The minimum absolute atomic E-state index is 0. The van der Waals surface area contributed by atoms with Crippen LogP contribution in [0.25, 0.3) is 0 Å². The molecule has 1 saturated heterocycles. The number of thioether (sulfide) groups is 1. The summed E-state index contributed by atoms with van der Waals surface area (Å²) in [5.41, 5.74) is 0. The molecule has 5 heteroatoms. The van der Waals surface area contributed by atoms with Crippen molar-refractivity contribution >= 4 is 30.1 Å². The van der Waals surface area contributed by atoms with E-state index in [0.29, 0.717) is 17.6 Å². The SMILES string of the molecule is CCOC(=O)CSC1CCNCC1.Cl. The van der Waals surface area contributed by atoms with Gasteiger partial charge in [-0.2, -0.15) is 0 Å². The Labute approximate surface area is 95.8 Å². The molecule has 0 amide bonds. The summed E-state index contributed by atoms with van der Waals surface area (Å²) in [7, 11) is 0. The van der Waals surface area contributed by atoms with E-state index in [1.165, 1.54) is 12.8 Å². The molecule has 84 valence electrons. The van der Waals surface area contributed by atoms with Gasteiger partial charge in [-0.3, -0.25) is 4.79 Å². The van der Waals surface area contributed by atoms with Gasteiger partial charge in [-0.15, -0.1) is 24.2 Å². The number of carbonyl (C=O) groups excluding carboxylic acids is 1. The number of hydrogen-bond acceptors (Lipinski definition) is 4. The first-order chi connectivity index (χ1) is 6.33. The molecule has 0 bridgehead atoms. The van der Waals surface area contributed by atoms with Gasteiger partial charge in [-0.25, -0.2) is 0 Å². The molecule has 1 heterocycles. The molecule has 3 nitrogen and oxygen atoms in total. The van der Waals surface area contributed by atoms with Gasteiger partial charge in [-0.1, -0.05) is 0 Å². The number of rotatable bonds is 4. The fourth-order valence-electron chi connectivity index (χ4n) is 1.35. The molecule has 0 aromatic carbocycles. The van der Waals surface area contributed by atoms with E-state index in [1.807, 2.05) is 6.92 Å². The van der Waals surface area contributed by atoms with Gasteiger partial charge in [0.25, 0.3) is 0 Å². The fourth-order valence-corrected chi connectivity index (χ4v) is 2.37. The van der Waals surface area contributed by atoms with Gasteiger partial charge in [-0.05, 0) is 32.9 Å². The van der Waals surface area contributed by atoms with Crippen LogP contribution in [0.4, 0.5) is 0 Å². The van der Waals surface area contributed by atoms with Crippen LogP contribution in [0.2, 0.25) is 0 Å². The Hall–Kier alpha value is 0.0700. The summed E-state index contributed by atoms with van der Waals surface area (Å²) in [5.74, 6) is 0.435. The first-order valence-electron chi connectivity index (χ1n) is 4.81. The van der Waals surface area contributed by atoms with Crippen LogP contribution in [0.5, 0.6) is 0 Å². The summed E-state index contributed by atoms with van der Waals surface area (Å²) < 4.78 is 4.86. The zero-order valence-electron chi connectivity index (χ0n) is 8.45. The molecule has 0 radical (unpaired) electrons. The lowest BCUT2D eigenvalue weighted by atomic mass is 10.2. The van der Waals surface area contributed by atoms with Crippen molar-refractivity contribution in [3.8, 4) is 0 Å². The molecule has 0 aromatic rings. The molecule has 0 saturated carbocycles. The van der Waals surface area contributed by atoms with Crippen LogP contribution < -0.4 is 5.32 Å². The Morgan fingerprint density at radius 1 is 1.50 bits per heavy atom. The Kier molecular flexibility index (Phi) is 8.43. The third-order valence-electron chi connectivity index (χ3n) is 2.03. The standard InChI is InChI=1S/C9H17NO2S.ClH/c1-2-12-9(11)7-13-8-3-5-10-6-4-8;/h8,10H,2-7H2,1H3;1H. The van der Waals surface area contributed by atoms with Crippen molar-refractivity contribution < 1.29 is 9.53 Å². The third-order valence-corrected chi connectivity index (χ3v) is 3.37. The van der Waals surface area contributed by atoms with Gasteiger partial charge >= 0.3 is 5.97 Å². The lowest BCUT2D eigenvalue weighted by molar-refractivity contribution is -0.139. The molecule has 1 aliphatic heterocycles. The van der Waals surface area contributed by atoms with Crippen LogP contribution in [0.15, 0.2) is 0 Å². The number of esters is 1. The normalized spacial score (nSPS) is 17.2. The van der Waals surface area contributed by atoms with Crippen LogP contribution in [0, 0.1) is 0 Å². The average molecular weight is 240 g/mol. The monoisotopic (exact) mass is 239 g/mol. The van der Waals surface area contributed by atoms with Crippen LogP contribution >= 0.6 is 24.2 Å². The highest BCUT2D eigenvalue weighted by Gasteiger charge is 2.14. The predicted octanol–water partition coefficient (Wildman–Crippen LogP) is 1.46. The summed E-state index contributed by atoms with van der Waals surface area (Å²) in [6.45, 7) is 4.50. The topological polar surface area (TPSA) is 38.3 Å². The van der Waals surface area contributed by atoms with E-state index in [0.717, 1.165) is 13.1 Å². The number of ether oxygens (including phenoxy) is 1. The average Bonchev–Trinajstić information content (AvgIpc) is 2.17. The third kappa shape index (κ3) is 5.73. The molecular weight excluding hydrogens is 222 g/mol. The van der Waals surface area contributed by atoms with Crippen molar-refractivity contribution in [1.82, 2.24) is 5.32 Å². The van der Waals surface area contributed by atoms with Gasteiger partial charge in [0.1, 0.15) is 0 Å². The van der Waals surface area contributed by atoms with E-state index in [4.69, 9.17) is 4.74 Å². The van der Waals surface area contributed by atoms with Gasteiger partial charge in [0.2, 0.25) is 0 Å². The first kappa shape index (κ1) is 14.1. The maximum absolute atomic E-state index is 11.0. The Balaban J connectivity index is 0.00000169. The highest BCUT2D eigenvalue weighted by atomic mass is 35.5. The number of hydrogen-bond donors (Lipinski definition) is 1. The second kappa shape index (κ2) is 8.38. The van der Waals surface area contributed by atoms with Crippen molar-refractivity contribution in [2.75, 3.05) is 25.4 Å². The first-order valence-corrected chi connectivity index (χ1v) is 5.85. The zero-order chi connectivity index (χ0) is 9.52. The van der Waals surface area contributed by atoms with Gasteiger partial charge in [0.15, 0.2) is 0 Å². The predicted molar refractivity (Wildman–Crippen MR) is 62.2 cm³/mol. The summed E-state index contributed by atoms with van der Waals surface area (Å²) >= 11 is 1.73. The second-order valence-corrected chi connectivity index (χ2v) is 4.35. The van der Waals surface area contributed by atoms with Crippen LogP contribution in [0.3, 0.4) is 0 Å². The van der Waals surface area contributed by atoms with E-state index < -0.39 is 0 Å². The van der Waals surface area contributed by atoms with Crippen LogP contribution in [0.1, 0.15) is 19.8 Å². The fraction of sp³-hybridized carbons (Fsp3) is 0.889. The minimum atomic E-state index is -0.0777. The van der Waals surface area contributed by atoms with Crippen molar-refractivity contribution in [1.29, 1.82) is 0 Å². The molecule has 0 unspecified atom stereocenters. The van der Waals surface area contributed by atoms with Crippen molar-refractivity contribution in [2.45, 2.75) is 25.0 Å². The molecule has 0 spiro atoms. The molecule has 1 rings (SSSR count). The molecule has 1 fully saturated rings. The van der Waals surface area contributed by atoms with Crippen molar-refractivity contribution in [3.63, 3.8) is 0 Å². The Bertz CT molecular complexity index is 163. The van der Waals surface area contributed by atoms with Crippen LogP contribution in [-0.4, -0.2) is 36.7 Å². The smallest absolute Gasteiger partial charge is 0.315 e. The minimum Gasteiger partial charge on any atom is -0.465 e. The number of nitrogens with one attached hydrogen (secondary N) is 1. The summed E-state index contributed by atoms with van der Waals surface area (Å²) in [6.07, 6.45) is 2.34. The summed E-state index contributed by atoms with van der Waals surface area (Å²) in [4.78, 5) is 11.0. The molecule has 1 N–H and O–H groups in total. The van der Waals surface area contributed by atoms with E-state index in [9.17, 15) is 4.79 Å². The lowest BCUT2D eigenvalue weighted by Gasteiger charge is -2.21. The molecule has 1 aliphatic rings. The number of piperidine rings is 1. The van der Waals surface area contributed by atoms with Gasteiger partial charge in [0, 0.05) is 5.25 Å². The quantitative estimate of drug-likeness (QED) is 0.754. The molecular formula is C9H18ClNO2S. The second-order valence-electron chi connectivity index (χ2n) is 3.07. The maximum Gasteiger partial charge on any atom is 0.315 e. The van der Waals surface area contributed by atoms with Crippen molar-refractivity contribution in [2.24, 2.45) is 0 Å². The molecule has 0 aromatic heterocycles. The zero-order valence-corrected chi connectivity index (χ0v) is 10.1. The summed E-state index contributed by atoms with van der Waals surface area (Å²) in [5, 5.41) is 3.94. The largest absolute Gasteiger partial charge is 0.465 e. The van der Waals surface area contributed by atoms with Crippen molar-refractivity contribution in [3.05, 3.63) is 0 Å². The highest BCUT2D eigenvalue weighted by molar-refractivity contribution is 8.00. The van der Waals surface area contributed by atoms with E-state index >= 15 is 0 Å². The van der Waals surface area contributed by atoms with Gasteiger partial charge < -0.3 is 10.1 Å². The van der Waals surface area contributed by atoms with Gasteiger partial charge in [0.05, 0.1) is 12.4 Å². The van der Waals surface area contributed by atoms with E-state index in [-0.39, 0.29) is 18.4 Å². The van der Waals surface area contributed by atoms with E-state index in [2.05, 4.69) is 5.32 Å². The van der Waals surface area contributed by atoms with Crippen LogP contribution in [-0.2, 0) is 9.53 Å². The Morgan fingerprint density at radius 3 is 2.71 bits per heavy atom. The molecule has 0 aliphatic carbocycles. The van der Waals surface area contributed by atoms with E-state index in [1.54, 1.807) is 11.8 Å². The Morgan fingerprint density at radius 2 is 2.14 bits per heavy atom. The summed E-state index contributed by atoms with van der Waals surface area (Å²) in [6, 6.07) is 0. The molecule has 14 heavy (non-hydrogen) atoms. The molecule has 0 atom stereocenters. The lowest BCUT2D eigenvalue weighted by Crippen LogP contribution is -2.29. The maximum atomic E-state index is 11.0.